The Balaban J connectivity index is 1.58. The summed E-state index contributed by atoms with van der Waals surface area (Å²) in [7, 11) is 0. The molecule has 2 aromatic carbocycles. The van der Waals surface area contributed by atoms with Crippen LogP contribution in [0.2, 0.25) is 0 Å². The lowest BCUT2D eigenvalue weighted by atomic mass is 9.92. The summed E-state index contributed by atoms with van der Waals surface area (Å²) in [5.74, 6) is 0.979. The summed E-state index contributed by atoms with van der Waals surface area (Å²) in [4.78, 5) is 27.7. The molecule has 6 heteroatoms. The zero-order valence-corrected chi connectivity index (χ0v) is 18.2. The molecule has 0 aliphatic carbocycles. The smallest absolute Gasteiger partial charge is 0.339 e. The van der Waals surface area contributed by atoms with Gasteiger partial charge in [0, 0.05) is 23.7 Å². The number of ether oxygens (including phenoxy) is 1. The maximum absolute atomic E-state index is 12.6. The van der Waals surface area contributed by atoms with Crippen LogP contribution in [0.1, 0.15) is 41.8 Å². The monoisotopic (exact) mass is 422 g/mol. The molecule has 1 amide bonds. The molecule has 0 N–H and O–H groups in total. The highest BCUT2D eigenvalue weighted by Gasteiger charge is 2.26. The van der Waals surface area contributed by atoms with Crippen molar-refractivity contribution in [1.82, 2.24) is 4.90 Å². The molecule has 2 aromatic rings. The van der Waals surface area contributed by atoms with Crippen molar-refractivity contribution in [2.75, 3.05) is 19.7 Å². The second kappa shape index (κ2) is 10.3. The van der Waals surface area contributed by atoms with Crippen LogP contribution in [0.5, 0.6) is 0 Å². The lowest BCUT2D eigenvalue weighted by molar-refractivity contribution is -0.137. The van der Waals surface area contributed by atoms with Crippen LogP contribution in [0.15, 0.2) is 53.4 Å². The van der Waals surface area contributed by atoms with E-state index in [-0.39, 0.29) is 12.5 Å². The van der Waals surface area contributed by atoms with Crippen LogP contribution >= 0.6 is 11.8 Å². The van der Waals surface area contributed by atoms with Gasteiger partial charge in [-0.15, -0.1) is 11.8 Å². The summed E-state index contributed by atoms with van der Waals surface area (Å²) in [5.41, 5.74) is 2.14. The Kier molecular flexibility index (Phi) is 7.53. The molecule has 0 unspecified atom stereocenters. The molecule has 0 saturated carbocycles. The van der Waals surface area contributed by atoms with Gasteiger partial charge in [0.2, 0.25) is 0 Å². The number of carbonyl (C=O) groups is 2. The first-order valence-corrected chi connectivity index (χ1v) is 11.1. The summed E-state index contributed by atoms with van der Waals surface area (Å²) in [5, 5.41) is 8.90. The molecule has 1 heterocycles. The Bertz CT molecular complexity index is 926. The summed E-state index contributed by atoms with van der Waals surface area (Å²) < 4.78 is 5.36. The predicted molar refractivity (Wildman–Crippen MR) is 117 cm³/mol. The van der Waals surface area contributed by atoms with Gasteiger partial charge in [-0.1, -0.05) is 38.1 Å². The fourth-order valence-corrected chi connectivity index (χ4v) is 4.76. The SMILES string of the molecule is C[C@H]1C[C@H](C)CN(C(=O)COC(=O)c2ccccc2SCc2ccc(C#N)cc2)C1. The number of hydrogen-bond donors (Lipinski definition) is 0. The van der Waals surface area contributed by atoms with Gasteiger partial charge >= 0.3 is 5.97 Å². The third kappa shape index (κ3) is 5.87. The quantitative estimate of drug-likeness (QED) is 0.506. The van der Waals surface area contributed by atoms with Crippen molar-refractivity contribution in [1.29, 1.82) is 5.26 Å². The number of esters is 1. The third-order valence-electron chi connectivity index (χ3n) is 5.13. The second-order valence-corrected chi connectivity index (χ2v) is 8.93. The highest BCUT2D eigenvalue weighted by atomic mass is 32.2. The van der Waals surface area contributed by atoms with Crippen molar-refractivity contribution in [3.63, 3.8) is 0 Å². The highest BCUT2D eigenvalue weighted by Crippen LogP contribution is 2.27. The van der Waals surface area contributed by atoms with E-state index >= 15 is 0 Å². The van der Waals surface area contributed by atoms with E-state index in [4.69, 9.17) is 10.00 Å². The molecular weight excluding hydrogens is 396 g/mol. The van der Waals surface area contributed by atoms with Gasteiger partial charge in [-0.05, 0) is 48.1 Å². The lowest BCUT2D eigenvalue weighted by Gasteiger charge is -2.34. The van der Waals surface area contributed by atoms with E-state index in [1.165, 1.54) is 11.8 Å². The van der Waals surface area contributed by atoms with E-state index < -0.39 is 5.97 Å². The molecule has 1 fully saturated rings. The molecule has 1 saturated heterocycles. The Hall–Kier alpha value is -2.78. The zero-order valence-electron chi connectivity index (χ0n) is 17.3. The van der Waals surface area contributed by atoms with E-state index in [1.807, 2.05) is 24.3 Å². The summed E-state index contributed by atoms with van der Waals surface area (Å²) >= 11 is 1.53. The van der Waals surface area contributed by atoms with Crippen molar-refractivity contribution in [3.05, 3.63) is 65.2 Å². The van der Waals surface area contributed by atoms with Crippen LogP contribution in [0, 0.1) is 23.2 Å². The van der Waals surface area contributed by atoms with E-state index in [9.17, 15) is 9.59 Å². The molecule has 5 nitrogen and oxygen atoms in total. The van der Waals surface area contributed by atoms with Crippen LogP contribution in [0.4, 0.5) is 0 Å². The Morgan fingerprint density at radius 2 is 1.77 bits per heavy atom. The fourth-order valence-electron chi connectivity index (χ4n) is 3.76. The molecule has 1 aliphatic heterocycles. The number of likely N-dealkylation sites (tertiary alicyclic amines) is 1. The average molecular weight is 423 g/mol. The average Bonchev–Trinajstić information content (AvgIpc) is 2.75. The van der Waals surface area contributed by atoms with E-state index in [0.29, 0.717) is 28.7 Å². The molecule has 3 rings (SSSR count). The third-order valence-corrected chi connectivity index (χ3v) is 6.28. The number of carbonyl (C=O) groups excluding carboxylic acids is 2. The van der Waals surface area contributed by atoms with Crippen LogP contribution in [-0.4, -0.2) is 36.5 Å². The molecule has 0 aromatic heterocycles. The fraction of sp³-hybridized carbons (Fsp3) is 0.375. The van der Waals surface area contributed by atoms with Gasteiger partial charge in [0.1, 0.15) is 0 Å². The standard InChI is InChI=1S/C24H26N2O3S/c1-17-11-18(2)14-26(13-17)23(27)15-29-24(28)21-5-3-4-6-22(21)30-16-20-9-7-19(12-25)8-10-20/h3-10,17-18H,11,13-16H2,1-2H3/t17-,18-/m0/s1. The largest absolute Gasteiger partial charge is 0.452 e. The summed E-state index contributed by atoms with van der Waals surface area (Å²) in [6.07, 6.45) is 1.12. The predicted octanol–water partition coefficient (Wildman–Crippen LogP) is 4.51. The van der Waals surface area contributed by atoms with Gasteiger partial charge in [0.05, 0.1) is 17.2 Å². The van der Waals surface area contributed by atoms with Crippen molar-refractivity contribution in [2.45, 2.75) is 30.9 Å². The van der Waals surface area contributed by atoms with E-state index in [2.05, 4.69) is 19.9 Å². The Morgan fingerprint density at radius 3 is 2.43 bits per heavy atom. The number of piperidine rings is 1. The molecule has 1 aliphatic rings. The minimum Gasteiger partial charge on any atom is -0.452 e. The summed E-state index contributed by atoms with van der Waals surface area (Å²) in [6, 6.07) is 16.7. The number of nitrogens with zero attached hydrogens (tertiary/aromatic N) is 2. The minimum atomic E-state index is -0.482. The topological polar surface area (TPSA) is 70.4 Å². The van der Waals surface area contributed by atoms with Crippen LogP contribution < -0.4 is 0 Å². The van der Waals surface area contributed by atoms with Gasteiger partial charge in [-0.3, -0.25) is 4.79 Å². The van der Waals surface area contributed by atoms with Gasteiger partial charge in [0.15, 0.2) is 6.61 Å². The maximum Gasteiger partial charge on any atom is 0.339 e. The van der Waals surface area contributed by atoms with E-state index in [1.54, 1.807) is 29.2 Å². The van der Waals surface area contributed by atoms with Gasteiger partial charge in [-0.2, -0.15) is 5.26 Å². The van der Waals surface area contributed by atoms with Crippen molar-refractivity contribution in [2.24, 2.45) is 11.8 Å². The number of nitriles is 1. The number of benzene rings is 2. The van der Waals surface area contributed by atoms with Crippen LogP contribution in [-0.2, 0) is 15.3 Å². The summed E-state index contributed by atoms with van der Waals surface area (Å²) in [6.45, 7) is 5.50. The molecule has 30 heavy (non-hydrogen) atoms. The first-order chi connectivity index (χ1) is 14.5. The molecular formula is C24H26N2O3S. The number of amides is 1. The van der Waals surface area contributed by atoms with Crippen molar-refractivity contribution < 1.29 is 14.3 Å². The normalized spacial score (nSPS) is 18.5. The lowest BCUT2D eigenvalue weighted by Crippen LogP contribution is -2.44. The molecule has 2 atom stereocenters. The van der Waals surface area contributed by atoms with Crippen LogP contribution in [0.3, 0.4) is 0 Å². The first-order valence-electron chi connectivity index (χ1n) is 10.1. The first kappa shape index (κ1) is 21.9. The Morgan fingerprint density at radius 1 is 1.10 bits per heavy atom. The van der Waals surface area contributed by atoms with Crippen molar-refractivity contribution >= 4 is 23.6 Å². The maximum atomic E-state index is 12.6. The van der Waals surface area contributed by atoms with Gasteiger partial charge in [0.25, 0.3) is 5.91 Å². The van der Waals surface area contributed by atoms with Gasteiger partial charge in [-0.25, -0.2) is 4.79 Å². The van der Waals surface area contributed by atoms with Gasteiger partial charge < -0.3 is 9.64 Å². The number of thioether (sulfide) groups is 1. The minimum absolute atomic E-state index is 0.135. The zero-order chi connectivity index (χ0) is 21.5. The highest BCUT2D eigenvalue weighted by molar-refractivity contribution is 7.98. The molecule has 0 spiro atoms. The van der Waals surface area contributed by atoms with Crippen LogP contribution in [0.25, 0.3) is 0 Å². The van der Waals surface area contributed by atoms with E-state index in [0.717, 1.165) is 30.0 Å². The molecule has 0 bridgehead atoms. The number of rotatable bonds is 6. The Labute approximate surface area is 182 Å². The number of hydrogen-bond acceptors (Lipinski definition) is 5. The van der Waals surface area contributed by atoms with Crippen molar-refractivity contribution in [3.8, 4) is 6.07 Å². The molecule has 0 radical (unpaired) electrons. The molecule has 156 valence electrons. The second-order valence-electron chi connectivity index (χ2n) is 7.91.